The van der Waals surface area contributed by atoms with Crippen LogP contribution in [0.15, 0.2) is 15.0 Å². The first-order valence-electron chi connectivity index (χ1n) is 2.68. The molecule has 0 saturated carbocycles. The van der Waals surface area contributed by atoms with E-state index in [1.54, 1.807) is 6.07 Å². The van der Waals surface area contributed by atoms with Gasteiger partial charge in [0.25, 0.3) is 0 Å². The molecule has 1 nitrogen and oxygen atoms in total. The van der Waals surface area contributed by atoms with Gasteiger partial charge in [-0.2, -0.15) is 0 Å². The van der Waals surface area contributed by atoms with E-state index in [0.29, 0.717) is 4.47 Å². The van der Waals surface area contributed by atoms with E-state index >= 15 is 0 Å². The Bertz CT molecular complexity index is 231. The number of hydrogen-bond donors (Lipinski definition) is 1. The molecule has 0 atom stereocenters. The Labute approximate surface area is 76.3 Å². The van der Waals surface area contributed by atoms with Crippen molar-refractivity contribution in [2.45, 2.75) is 6.92 Å². The average Bonchev–Trinajstić information content (AvgIpc) is 1.93. The fraction of sp³-hybridized carbons (Fsp3) is 0.143. The summed E-state index contributed by atoms with van der Waals surface area (Å²) in [6.07, 6.45) is 0. The summed E-state index contributed by atoms with van der Waals surface area (Å²) in [4.78, 5) is 0. The van der Waals surface area contributed by atoms with Crippen molar-refractivity contribution in [3.8, 4) is 5.75 Å². The lowest BCUT2D eigenvalue weighted by molar-refractivity contribution is 0.467. The molecule has 0 aromatic heterocycles. The summed E-state index contributed by atoms with van der Waals surface area (Å²) in [5.41, 5.74) is 0.815. The second-order valence-corrected chi connectivity index (χ2v) is 3.53. The standard InChI is InChI=1S/C7H5Br2O/c1-4-2-3-5(8)6(9)7(4)10/h2,10H,1H3. The Balaban J connectivity index is 3.34. The van der Waals surface area contributed by atoms with E-state index in [-0.39, 0.29) is 5.75 Å². The molecule has 1 aromatic carbocycles. The monoisotopic (exact) mass is 263 g/mol. The van der Waals surface area contributed by atoms with Crippen LogP contribution in [0.3, 0.4) is 0 Å². The Kier molecular flexibility index (Phi) is 2.36. The molecule has 1 radical (unpaired) electrons. The first kappa shape index (κ1) is 8.08. The average molecular weight is 265 g/mol. The van der Waals surface area contributed by atoms with Crippen LogP contribution in [0, 0.1) is 13.0 Å². The van der Waals surface area contributed by atoms with Crippen molar-refractivity contribution in [2.24, 2.45) is 0 Å². The van der Waals surface area contributed by atoms with Gasteiger partial charge < -0.3 is 5.11 Å². The van der Waals surface area contributed by atoms with Crippen LogP contribution < -0.4 is 0 Å². The molecule has 1 rings (SSSR count). The minimum atomic E-state index is 0.269. The van der Waals surface area contributed by atoms with Crippen molar-refractivity contribution in [3.63, 3.8) is 0 Å². The first-order chi connectivity index (χ1) is 4.63. The predicted octanol–water partition coefficient (Wildman–Crippen LogP) is 3.03. The van der Waals surface area contributed by atoms with Gasteiger partial charge in [-0.3, -0.25) is 0 Å². The zero-order chi connectivity index (χ0) is 7.72. The molecule has 0 bridgehead atoms. The van der Waals surface area contributed by atoms with Crippen LogP contribution in [-0.2, 0) is 0 Å². The van der Waals surface area contributed by atoms with Crippen molar-refractivity contribution in [3.05, 3.63) is 26.6 Å². The largest absolute Gasteiger partial charge is 0.506 e. The predicted molar refractivity (Wildman–Crippen MR) is 47.1 cm³/mol. The smallest absolute Gasteiger partial charge is 0.133 e. The fourth-order valence-electron chi connectivity index (χ4n) is 0.580. The molecule has 0 amide bonds. The molecule has 0 unspecified atom stereocenters. The van der Waals surface area contributed by atoms with Gasteiger partial charge in [0.05, 0.1) is 4.47 Å². The van der Waals surface area contributed by atoms with E-state index < -0.39 is 0 Å². The molecule has 0 aliphatic carbocycles. The Morgan fingerprint density at radius 2 is 2.10 bits per heavy atom. The highest BCUT2D eigenvalue weighted by molar-refractivity contribution is 9.13. The van der Waals surface area contributed by atoms with Crippen LogP contribution in [-0.4, -0.2) is 5.11 Å². The van der Waals surface area contributed by atoms with Gasteiger partial charge in [-0.25, -0.2) is 0 Å². The summed E-state index contributed by atoms with van der Waals surface area (Å²) in [6, 6.07) is 4.64. The third-order valence-corrected chi connectivity index (χ3v) is 3.12. The second kappa shape index (κ2) is 2.93. The molecular weight excluding hydrogens is 260 g/mol. The number of aromatic hydroxyl groups is 1. The third kappa shape index (κ3) is 1.35. The van der Waals surface area contributed by atoms with Gasteiger partial charge in [0.1, 0.15) is 5.75 Å². The van der Waals surface area contributed by atoms with E-state index in [0.717, 1.165) is 10.0 Å². The molecule has 0 aliphatic rings. The normalized spacial score (nSPS) is 9.90. The molecule has 0 aliphatic heterocycles. The summed E-state index contributed by atoms with van der Waals surface area (Å²) in [5.74, 6) is 0.269. The van der Waals surface area contributed by atoms with Crippen LogP contribution in [0.5, 0.6) is 5.75 Å². The maximum atomic E-state index is 9.29. The van der Waals surface area contributed by atoms with E-state index in [2.05, 4.69) is 37.9 Å². The molecule has 3 heteroatoms. The molecule has 0 saturated heterocycles. The number of benzene rings is 1. The van der Waals surface area contributed by atoms with Gasteiger partial charge in [-0.1, -0.05) is 0 Å². The van der Waals surface area contributed by atoms with Crippen molar-refractivity contribution < 1.29 is 5.11 Å². The van der Waals surface area contributed by atoms with Crippen LogP contribution >= 0.6 is 31.9 Å². The minimum absolute atomic E-state index is 0.269. The lowest BCUT2D eigenvalue weighted by Crippen LogP contribution is -1.77. The number of hydrogen-bond acceptors (Lipinski definition) is 1. The van der Waals surface area contributed by atoms with Gasteiger partial charge >= 0.3 is 0 Å². The lowest BCUT2D eigenvalue weighted by Gasteiger charge is -2.01. The highest BCUT2D eigenvalue weighted by Gasteiger charge is 2.04. The van der Waals surface area contributed by atoms with Crippen LogP contribution in [0.2, 0.25) is 0 Å². The van der Waals surface area contributed by atoms with Crippen LogP contribution in [0.25, 0.3) is 0 Å². The molecule has 53 valence electrons. The van der Waals surface area contributed by atoms with E-state index in [1.165, 1.54) is 0 Å². The number of phenols is 1. The minimum Gasteiger partial charge on any atom is -0.506 e. The summed E-state index contributed by atoms with van der Waals surface area (Å²) in [6.45, 7) is 1.82. The summed E-state index contributed by atoms with van der Waals surface area (Å²) in [5, 5.41) is 9.29. The van der Waals surface area contributed by atoms with Crippen molar-refractivity contribution in [1.29, 1.82) is 0 Å². The zero-order valence-corrected chi connectivity index (χ0v) is 8.45. The van der Waals surface area contributed by atoms with E-state index in [9.17, 15) is 5.11 Å². The first-order valence-corrected chi connectivity index (χ1v) is 4.26. The van der Waals surface area contributed by atoms with Gasteiger partial charge in [-0.15, -0.1) is 0 Å². The van der Waals surface area contributed by atoms with Crippen LogP contribution in [0.1, 0.15) is 5.56 Å². The van der Waals surface area contributed by atoms with Crippen LogP contribution in [0.4, 0.5) is 0 Å². The molecule has 0 heterocycles. The van der Waals surface area contributed by atoms with Crippen molar-refractivity contribution in [1.82, 2.24) is 0 Å². The summed E-state index contributed by atoms with van der Waals surface area (Å²) in [7, 11) is 0. The van der Waals surface area contributed by atoms with E-state index in [4.69, 9.17) is 0 Å². The van der Waals surface area contributed by atoms with Crippen molar-refractivity contribution >= 4 is 31.9 Å². The molecule has 1 N–H and O–H groups in total. The molecule has 0 fully saturated rings. The Morgan fingerprint density at radius 1 is 1.50 bits per heavy atom. The molecule has 10 heavy (non-hydrogen) atoms. The number of phenolic OH excluding ortho intramolecular Hbond substituents is 1. The Morgan fingerprint density at radius 3 is 2.60 bits per heavy atom. The lowest BCUT2D eigenvalue weighted by atomic mass is 10.2. The Hall–Kier alpha value is -0.0200. The number of halogens is 2. The molecular formula is C7H5Br2O. The van der Waals surface area contributed by atoms with Crippen molar-refractivity contribution in [2.75, 3.05) is 0 Å². The van der Waals surface area contributed by atoms with Gasteiger partial charge in [0, 0.05) is 4.47 Å². The highest BCUT2D eigenvalue weighted by Crippen LogP contribution is 2.33. The molecule has 1 aromatic rings. The SMILES string of the molecule is Cc1c[c]c(Br)c(Br)c1O. The fourth-order valence-corrected chi connectivity index (χ4v) is 1.31. The topological polar surface area (TPSA) is 20.2 Å². The number of aryl methyl sites for hydroxylation is 1. The second-order valence-electron chi connectivity index (χ2n) is 1.95. The van der Waals surface area contributed by atoms with Gasteiger partial charge in [0.2, 0.25) is 0 Å². The number of rotatable bonds is 0. The highest BCUT2D eigenvalue weighted by atomic mass is 79.9. The summed E-state index contributed by atoms with van der Waals surface area (Å²) < 4.78 is 1.41. The van der Waals surface area contributed by atoms with E-state index in [1.807, 2.05) is 6.92 Å². The van der Waals surface area contributed by atoms with Gasteiger partial charge in [-0.05, 0) is 56.5 Å². The quantitative estimate of drug-likeness (QED) is 0.764. The maximum absolute atomic E-state index is 9.29. The summed E-state index contributed by atoms with van der Waals surface area (Å²) >= 11 is 6.42. The zero-order valence-electron chi connectivity index (χ0n) is 5.28. The maximum Gasteiger partial charge on any atom is 0.133 e. The molecule has 0 spiro atoms. The van der Waals surface area contributed by atoms with Gasteiger partial charge in [0.15, 0.2) is 0 Å². The third-order valence-electron chi connectivity index (χ3n) is 1.19.